The zero-order valence-electron chi connectivity index (χ0n) is 15.7. The van der Waals surface area contributed by atoms with E-state index in [2.05, 4.69) is 10.2 Å². The van der Waals surface area contributed by atoms with Crippen molar-refractivity contribution < 1.29 is 18.4 Å². The summed E-state index contributed by atoms with van der Waals surface area (Å²) < 4.78 is 16.9. The lowest BCUT2D eigenvalue weighted by atomic mass is 10.1. The van der Waals surface area contributed by atoms with Gasteiger partial charge in [0.05, 0.1) is 25.5 Å². The molecule has 0 unspecified atom stereocenters. The third-order valence-electron chi connectivity index (χ3n) is 5.11. The first-order valence-electron chi connectivity index (χ1n) is 9.26. The van der Waals surface area contributed by atoms with Crippen LogP contribution >= 0.6 is 0 Å². The summed E-state index contributed by atoms with van der Waals surface area (Å²) in [5.41, 5.74) is 2.75. The van der Waals surface area contributed by atoms with E-state index in [0.717, 1.165) is 40.9 Å². The van der Waals surface area contributed by atoms with Crippen LogP contribution in [-0.2, 0) is 4.74 Å². The number of benzene rings is 1. The van der Waals surface area contributed by atoms with Gasteiger partial charge in [-0.25, -0.2) is 0 Å². The van der Waals surface area contributed by atoms with Gasteiger partial charge >= 0.3 is 0 Å². The van der Waals surface area contributed by atoms with Gasteiger partial charge in [-0.2, -0.15) is 0 Å². The second-order valence-corrected chi connectivity index (χ2v) is 6.95. The topological polar surface area (TPSA) is 67.9 Å². The number of hydrogen-bond donors (Lipinski definition) is 1. The minimum atomic E-state index is -0.203. The Hall–Kier alpha value is -2.57. The van der Waals surface area contributed by atoms with E-state index in [0.29, 0.717) is 25.5 Å². The minimum absolute atomic E-state index is 0.0280. The summed E-state index contributed by atoms with van der Waals surface area (Å²) in [6.07, 6.45) is 1.66. The van der Waals surface area contributed by atoms with Gasteiger partial charge in [0.1, 0.15) is 11.3 Å². The highest BCUT2D eigenvalue weighted by atomic mass is 16.5. The number of hydrogen-bond acceptors (Lipinski definition) is 5. The van der Waals surface area contributed by atoms with E-state index in [1.165, 1.54) is 0 Å². The molecule has 0 radical (unpaired) electrons. The van der Waals surface area contributed by atoms with Crippen LogP contribution < -0.4 is 5.32 Å². The monoisotopic (exact) mass is 368 g/mol. The van der Waals surface area contributed by atoms with Crippen molar-refractivity contribution in [1.29, 1.82) is 0 Å². The molecule has 2 aromatic heterocycles. The van der Waals surface area contributed by atoms with Gasteiger partial charge in [-0.3, -0.25) is 9.69 Å². The summed E-state index contributed by atoms with van der Waals surface area (Å²) in [7, 11) is 0. The van der Waals surface area contributed by atoms with E-state index < -0.39 is 0 Å². The van der Waals surface area contributed by atoms with Crippen molar-refractivity contribution in [3.8, 4) is 0 Å². The smallest absolute Gasteiger partial charge is 0.287 e. The highest BCUT2D eigenvalue weighted by Gasteiger charge is 2.26. The molecule has 0 bridgehead atoms. The van der Waals surface area contributed by atoms with Gasteiger partial charge in [0, 0.05) is 30.6 Å². The molecule has 1 aliphatic rings. The number of aryl methyl sites for hydroxylation is 2. The standard InChI is InChI=1S/C21H24N2O4/c1-14-5-6-18-16(12-14)15(2)20(27-18)21(24)22-13-17(19-4-3-9-26-19)23-7-10-25-11-8-23/h3-6,9,12,17H,7-8,10-11,13H2,1-2H3,(H,22,24)/t17-/m0/s1. The number of carbonyl (C=O) groups is 1. The van der Waals surface area contributed by atoms with Gasteiger partial charge in [-0.1, -0.05) is 11.6 Å². The first-order chi connectivity index (χ1) is 13.1. The van der Waals surface area contributed by atoms with Crippen LogP contribution in [0.1, 0.15) is 33.5 Å². The average molecular weight is 368 g/mol. The molecule has 1 aromatic carbocycles. The maximum atomic E-state index is 12.8. The van der Waals surface area contributed by atoms with Crippen molar-refractivity contribution in [1.82, 2.24) is 10.2 Å². The van der Waals surface area contributed by atoms with Crippen LogP contribution in [0.15, 0.2) is 45.4 Å². The highest BCUT2D eigenvalue weighted by Crippen LogP contribution is 2.27. The van der Waals surface area contributed by atoms with Crippen LogP contribution in [0, 0.1) is 13.8 Å². The molecule has 27 heavy (non-hydrogen) atoms. The molecule has 142 valence electrons. The molecular weight excluding hydrogens is 344 g/mol. The Morgan fingerprint density at radius 1 is 1.22 bits per heavy atom. The molecule has 1 amide bonds. The molecule has 0 spiro atoms. The third-order valence-corrected chi connectivity index (χ3v) is 5.11. The lowest BCUT2D eigenvalue weighted by Gasteiger charge is -2.33. The summed E-state index contributed by atoms with van der Waals surface area (Å²) in [5, 5.41) is 4.01. The second kappa shape index (κ2) is 7.58. The van der Waals surface area contributed by atoms with Gasteiger partial charge < -0.3 is 18.9 Å². The number of morpholine rings is 1. The SMILES string of the molecule is Cc1ccc2oc(C(=O)NC[C@@H](c3ccco3)N3CCOCC3)c(C)c2c1. The van der Waals surface area contributed by atoms with Crippen LogP contribution in [0.5, 0.6) is 0 Å². The number of carbonyl (C=O) groups excluding carboxylic acids is 1. The molecule has 0 saturated carbocycles. The van der Waals surface area contributed by atoms with E-state index >= 15 is 0 Å². The van der Waals surface area contributed by atoms with E-state index in [9.17, 15) is 4.79 Å². The van der Waals surface area contributed by atoms with Crippen molar-refractivity contribution in [2.24, 2.45) is 0 Å². The molecule has 4 rings (SSSR count). The van der Waals surface area contributed by atoms with Crippen LogP contribution in [0.3, 0.4) is 0 Å². The average Bonchev–Trinajstić information content (AvgIpc) is 3.32. The van der Waals surface area contributed by atoms with Gasteiger partial charge in [-0.15, -0.1) is 0 Å². The summed E-state index contributed by atoms with van der Waals surface area (Å²) in [6, 6.07) is 9.73. The normalized spacial score (nSPS) is 16.5. The van der Waals surface area contributed by atoms with Crippen LogP contribution in [0.4, 0.5) is 0 Å². The molecule has 6 nitrogen and oxygen atoms in total. The summed E-state index contributed by atoms with van der Waals surface area (Å²) in [5.74, 6) is 1.01. The molecule has 3 aromatic rings. The Morgan fingerprint density at radius 3 is 2.78 bits per heavy atom. The predicted octanol–water partition coefficient (Wildman–Crippen LogP) is 3.45. The van der Waals surface area contributed by atoms with E-state index in [4.69, 9.17) is 13.6 Å². The fourth-order valence-electron chi connectivity index (χ4n) is 3.60. The van der Waals surface area contributed by atoms with Crippen LogP contribution in [-0.4, -0.2) is 43.7 Å². The molecule has 1 atom stereocenters. The van der Waals surface area contributed by atoms with Gasteiger partial charge in [0.2, 0.25) is 0 Å². The molecule has 6 heteroatoms. The molecule has 3 heterocycles. The van der Waals surface area contributed by atoms with Gasteiger partial charge in [0.15, 0.2) is 5.76 Å². The predicted molar refractivity (Wildman–Crippen MR) is 102 cm³/mol. The maximum absolute atomic E-state index is 12.8. The number of amides is 1. The Bertz CT molecular complexity index is 923. The van der Waals surface area contributed by atoms with Crippen LogP contribution in [0.2, 0.25) is 0 Å². The molecule has 1 N–H and O–H groups in total. The van der Waals surface area contributed by atoms with E-state index in [1.54, 1.807) is 6.26 Å². The first kappa shape index (κ1) is 17.8. The molecule has 1 saturated heterocycles. The van der Waals surface area contributed by atoms with Crippen molar-refractivity contribution in [3.05, 3.63) is 59.2 Å². The Labute approximate surface area is 158 Å². The van der Waals surface area contributed by atoms with Crippen molar-refractivity contribution >= 4 is 16.9 Å². The van der Waals surface area contributed by atoms with Crippen molar-refractivity contribution in [2.75, 3.05) is 32.8 Å². The quantitative estimate of drug-likeness (QED) is 0.747. The minimum Gasteiger partial charge on any atom is -0.468 e. The number of rotatable bonds is 5. The van der Waals surface area contributed by atoms with Crippen molar-refractivity contribution in [3.63, 3.8) is 0 Å². The fourth-order valence-corrected chi connectivity index (χ4v) is 3.60. The Balaban J connectivity index is 1.52. The lowest BCUT2D eigenvalue weighted by Crippen LogP contribution is -2.43. The van der Waals surface area contributed by atoms with E-state index in [-0.39, 0.29) is 11.9 Å². The Kier molecular flexibility index (Phi) is 5.01. The van der Waals surface area contributed by atoms with Gasteiger partial charge in [0.25, 0.3) is 5.91 Å². The lowest BCUT2D eigenvalue weighted by molar-refractivity contribution is 0.0117. The van der Waals surface area contributed by atoms with Crippen LogP contribution in [0.25, 0.3) is 11.0 Å². The number of ether oxygens (including phenoxy) is 1. The number of nitrogens with zero attached hydrogens (tertiary/aromatic N) is 1. The van der Waals surface area contributed by atoms with Crippen molar-refractivity contribution in [2.45, 2.75) is 19.9 Å². The molecular formula is C21H24N2O4. The first-order valence-corrected chi connectivity index (χ1v) is 9.26. The second-order valence-electron chi connectivity index (χ2n) is 6.95. The summed E-state index contributed by atoms with van der Waals surface area (Å²) >= 11 is 0. The molecule has 1 fully saturated rings. The highest BCUT2D eigenvalue weighted by molar-refractivity contribution is 5.99. The fraction of sp³-hybridized carbons (Fsp3) is 0.381. The zero-order valence-corrected chi connectivity index (χ0v) is 15.7. The third kappa shape index (κ3) is 3.63. The maximum Gasteiger partial charge on any atom is 0.287 e. The van der Waals surface area contributed by atoms with Gasteiger partial charge in [-0.05, 0) is 38.1 Å². The molecule has 0 aliphatic carbocycles. The zero-order chi connectivity index (χ0) is 18.8. The largest absolute Gasteiger partial charge is 0.468 e. The van der Waals surface area contributed by atoms with E-state index in [1.807, 2.05) is 44.2 Å². The molecule has 1 aliphatic heterocycles. The number of nitrogens with one attached hydrogen (secondary N) is 1. The number of fused-ring (bicyclic) bond motifs is 1. The summed E-state index contributed by atoms with van der Waals surface area (Å²) in [4.78, 5) is 15.1. The Morgan fingerprint density at radius 2 is 2.04 bits per heavy atom. The number of furan rings is 2. The summed E-state index contributed by atoms with van der Waals surface area (Å²) in [6.45, 7) is 7.39.